The van der Waals surface area contributed by atoms with Gasteiger partial charge in [0, 0.05) is 6.42 Å². The first-order valence-corrected chi connectivity index (χ1v) is 6.80. The van der Waals surface area contributed by atoms with E-state index in [4.69, 9.17) is 5.73 Å². The summed E-state index contributed by atoms with van der Waals surface area (Å²) in [5, 5.41) is 12.2. The smallest absolute Gasteiger partial charge is 0.220 e. The van der Waals surface area contributed by atoms with Crippen molar-refractivity contribution in [2.24, 2.45) is 11.7 Å². The summed E-state index contributed by atoms with van der Waals surface area (Å²) in [5.41, 5.74) is 6.62. The third kappa shape index (κ3) is 6.36. The molecule has 4 nitrogen and oxygen atoms in total. The lowest BCUT2D eigenvalue weighted by atomic mass is 10.0. The molecule has 1 rings (SSSR count). The van der Waals surface area contributed by atoms with Crippen LogP contribution in [-0.2, 0) is 11.2 Å². The van der Waals surface area contributed by atoms with Crippen molar-refractivity contribution in [2.75, 3.05) is 13.2 Å². The van der Waals surface area contributed by atoms with Crippen molar-refractivity contribution < 1.29 is 9.90 Å². The highest BCUT2D eigenvalue weighted by molar-refractivity contribution is 5.76. The molecule has 0 aliphatic heterocycles. The highest BCUT2D eigenvalue weighted by atomic mass is 16.3. The van der Waals surface area contributed by atoms with E-state index in [-0.39, 0.29) is 18.6 Å². The van der Waals surface area contributed by atoms with Crippen molar-refractivity contribution in [2.45, 2.75) is 32.2 Å². The Kier molecular flexibility index (Phi) is 7.15. The van der Waals surface area contributed by atoms with E-state index in [1.807, 2.05) is 37.3 Å². The molecule has 0 fully saturated rings. The molecule has 1 aromatic carbocycles. The molecule has 19 heavy (non-hydrogen) atoms. The largest absolute Gasteiger partial charge is 0.394 e. The lowest BCUT2D eigenvalue weighted by Crippen LogP contribution is -2.39. The second-order valence-electron chi connectivity index (χ2n) is 5.02. The highest BCUT2D eigenvalue weighted by Gasteiger charge is 2.12. The monoisotopic (exact) mass is 264 g/mol. The Hall–Kier alpha value is -1.39. The van der Waals surface area contributed by atoms with Crippen LogP contribution in [0.3, 0.4) is 0 Å². The summed E-state index contributed by atoms with van der Waals surface area (Å²) in [6.45, 7) is 2.58. The maximum absolute atomic E-state index is 11.8. The Labute approximate surface area is 115 Å². The van der Waals surface area contributed by atoms with Gasteiger partial charge in [-0.15, -0.1) is 0 Å². The third-order valence-corrected chi connectivity index (χ3v) is 3.18. The van der Waals surface area contributed by atoms with Gasteiger partial charge in [0.2, 0.25) is 5.91 Å². The zero-order valence-electron chi connectivity index (χ0n) is 11.5. The van der Waals surface area contributed by atoms with E-state index in [0.29, 0.717) is 25.3 Å². The van der Waals surface area contributed by atoms with Crippen molar-refractivity contribution in [1.82, 2.24) is 5.32 Å². The van der Waals surface area contributed by atoms with Crippen LogP contribution in [0.15, 0.2) is 30.3 Å². The zero-order valence-corrected chi connectivity index (χ0v) is 11.5. The number of aliphatic hydroxyl groups excluding tert-OH is 1. The van der Waals surface area contributed by atoms with Crippen molar-refractivity contribution in [1.29, 1.82) is 0 Å². The van der Waals surface area contributed by atoms with Gasteiger partial charge in [0.25, 0.3) is 0 Å². The molecule has 2 unspecified atom stereocenters. The zero-order chi connectivity index (χ0) is 14.1. The van der Waals surface area contributed by atoms with Crippen LogP contribution in [0.4, 0.5) is 0 Å². The number of aliphatic hydroxyl groups is 1. The topological polar surface area (TPSA) is 75.4 Å². The maximum Gasteiger partial charge on any atom is 0.220 e. The second kappa shape index (κ2) is 8.67. The SMILES string of the molecule is CC(CN)CCC(=O)NC(CO)Cc1ccccc1. The molecule has 0 radical (unpaired) electrons. The van der Waals surface area contributed by atoms with Gasteiger partial charge in [-0.2, -0.15) is 0 Å². The van der Waals surface area contributed by atoms with Gasteiger partial charge in [-0.05, 0) is 30.9 Å². The minimum absolute atomic E-state index is 0.0183. The summed E-state index contributed by atoms with van der Waals surface area (Å²) in [6.07, 6.45) is 1.89. The number of amides is 1. The summed E-state index contributed by atoms with van der Waals surface area (Å²) in [5.74, 6) is 0.336. The fourth-order valence-electron chi connectivity index (χ4n) is 1.86. The van der Waals surface area contributed by atoms with E-state index in [9.17, 15) is 9.90 Å². The molecule has 0 spiro atoms. The first-order valence-electron chi connectivity index (χ1n) is 6.80. The number of nitrogens with one attached hydrogen (secondary N) is 1. The van der Waals surface area contributed by atoms with Gasteiger partial charge in [-0.25, -0.2) is 0 Å². The molecule has 106 valence electrons. The average Bonchev–Trinajstić information content (AvgIpc) is 2.45. The predicted molar refractivity (Wildman–Crippen MR) is 76.6 cm³/mol. The summed E-state index contributed by atoms with van der Waals surface area (Å²) >= 11 is 0. The second-order valence-corrected chi connectivity index (χ2v) is 5.02. The third-order valence-electron chi connectivity index (χ3n) is 3.18. The average molecular weight is 264 g/mol. The van der Waals surface area contributed by atoms with E-state index in [0.717, 1.165) is 12.0 Å². The molecule has 0 aliphatic carbocycles. The Morgan fingerprint density at radius 1 is 1.37 bits per heavy atom. The van der Waals surface area contributed by atoms with Gasteiger partial charge in [0.1, 0.15) is 0 Å². The van der Waals surface area contributed by atoms with E-state index in [1.54, 1.807) is 0 Å². The predicted octanol–water partition coefficient (Wildman–Crippen LogP) is 1.08. The number of carbonyl (C=O) groups excluding carboxylic acids is 1. The summed E-state index contributed by atoms with van der Waals surface area (Å²) in [7, 11) is 0. The van der Waals surface area contributed by atoms with Gasteiger partial charge >= 0.3 is 0 Å². The summed E-state index contributed by atoms with van der Waals surface area (Å²) < 4.78 is 0. The Morgan fingerprint density at radius 3 is 2.63 bits per heavy atom. The number of hydrogen-bond acceptors (Lipinski definition) is 3. The van der Waals surface area contributed by atoms with Crippen LogP contribution in [0.1, 0.15) is 25.3 Å². The number of nitrogens with two attached hydrogens (primary N) is 1. The number of hydrogen-bond donors (Lipinski definition) is 3. The minimum Gasteiger partial charge on any atom is -0.394 e. The van der Waals surface area contributed by atoms with Crippen LogP contribution in [-0.4, -0.2) is 30.2 Å². The molecule has 0 aromatic heterocycles. The molecule has 4 N–H and O–H groups in total. The van der Waals surface area contributed by atoms with Crippen LogP contribution in [0.25, 0.3) is 0 Å². The fourth-order valence-corrected chi connectivity index (χ4v) is 1.86. The molecular weight excluding hydrogens is 240 g/mol. The Bertz CT molecular complexity index is 368. The Morgan fingerprint density at radius 2 is 2.05 bits per heavy atom. The summed E-state index contributed by atoms with van der Waals surface area (Å²) in [4.78, 5) is 11.8. The Balaban J connectivity index is 2.37. The van der Waals surface area contributed by atoms with Crippen molar-refractivity contribution in [3.8, 4) is 0 Å². The van der Waals surface area contributed by atoms with Crippen molar-refractivity contribution in [3.05, 3.63) is 35.9 Å². The molecule has 1 aromatic rings. The fraction of sp³-hybridized carbons (Fsp3) is 0.533. The summed E-state index contributed by atoms with van der Waals surface area (Å²) in [6, 6.07) is 9.62. The van der Waals surface area contributed by atoms with Crippen LogP contribution < -0.4 is 11.1 Å². The van der Waals surface area contributed by atoms with Crippen LogP contribution in [0.2, 0.25) is 0 Å². The van der Waals surface area contributed by atoms with E-state index in [1.165, 1.54) is 0 Å². The molecular formula is C15H24N2O2. The number of rotatable bonds is 8. The molecule has 1 amide bonds. The molecule has 0 aliphatic rings. The van der Waals surface area contributed by atoms with Crippen molar-refractivity contribution in [3.63, 3.8) is 0 Å². The highest BCUT2D eigenvalue weighted by Crippen LogP contribution is 2.05. The first kappa shape index (κ1) is 15.7. The van der Waals surface area contributed by atoms with Crippen LogP contribution in [0.5, 0.6) is 0 Å². The van der Waals surface area contributed by atoms with Gasteiger partial charge < -0.3 is 16.2 Å². The van der Waals surface area contributed by atoms with Gasteiger partial charge in [0.15, 0.2) is 0 Å². The molecule has 0 saturated carbocycles. The van der Waals surface area contributed by atoms with Crippen LogP contribution >= 0.6 is 0 Å². The lowest BCUT2D eigenvalue weighted by molar-refractivity contribution is -0.122. The van der Waals surface area contributed by atoms with Crippen LogP contribution in [0, 0.1) is 5.92 Å². The maximum atomic E-state index is 11.8. The number of benzene rings is 1. The standard InChI is InChI=1S/C15H24N2O2/c1-12(10-16)7-8-15(19)17-14(11-18)9-13-5-3-2-4-6-13/h2-6,12,14,18H,7-11,16H2,1H3,(H,17,19). The quantitative estimate of drug-likeness (QED) is 0.657. The molecule has 0 heterocycles. The van der Waals surface area contributed by atoms with Gasteiger partial charge in [-0.3, -0.25) is 4.79 Å². The number of carbonyl (C=O) groups is 1. The van der Waals surface area contributed by atoms with E-state index >= 15 is 0 Å². The van der Waals surface area contributed by atoms with Gasteiger partial charge in [-0.1, -0.05) is 37.3 Å². The first-order chi connectivity index (χ1) is 9.15. The lowest BCUT2D eigenvalue weighted by Gasteiger charge is -2.17. The van der Waals surface area contributed by atoms with E-state index in [2.05, 4.69) is 5.32 Å². The van der Waals surface area contributed by atoms with Gasteiger partial charge in [0.05, 0.1) is 12.6 Å². The normalized spacial score (nSPS) is 13.8. The molecule has 0 bridgehead atoms. The molecule has 4 heteroatoms. The molecule has 0 saturated heterocycles. The minimum atomic E-state index is -0.219. The van der Waals surface area contributed by atoms with Crippen molar-refractivity contribution >= 4 is 5.91 Å². The molecule has 2 atom stereocenters. The van der Waals surface area contributed by atoms with E-state index < -0.39 is 0 Å².